The van der Waals surface area contributed by atoms with Gasteiger partial charge in [0.2, 0.25) is 5.91 Å². The summed E-state index contributed by atoms with van der Waals surface area (Å²) < 4.78 is 5.73. The molecule has 0 spiro atoms. The lowest BCUT2D eigenvalue weighted by Crippen LogP contribution is -2.35. The number of benzene rings is 3. The molecule has 0 radical (unpaired) electrons. The molecule has 0 saturated carbocycles. The number of carbonyl (C=O) groups excluding carboxylic acids is 2. The van der Waals surface area contributed by atoms with Crippen molar-refractivity contribution in [3.63, 3.8) is 0 Å². The van der Waals surface area contributed by atoms with Crippen LogP contribution in [-0.2, 0) is 4.79 Å². The molecule has 3 aromatic carbocycles. The summed E-state index contributed by atoms with van der Waals surface area (Å²) in [6, 6.07) is 22.0. The zero-order valence-electron chi connectivity index (χ0n) is 15.5. The number of para-hydroxylation sites is 1. The van der Waals surface area contributed by atoms with Crippen molar-refractivity contribution in [2.24, 2.45) is 5.73 Å². The Morgan fingerprint density at radius 1 is 0.897 bits per heavy atom. The van der Waals surface area contributed by atoms with E-state index in [2.05, 4.69) is 10.6 Å². The monoisotopic (exact) mass is 409 g/mol. The predicted molar refractivity (Wildman–Crippen MR) is 113 cm³/mol. The summed E-state index contributed by atoms with van der Waals surface area (Å²) in [5.74, 6) is 1.12. The molecule has 148 valence electrons. The molecule has 0 heterocycles. The molecule has 1 atom stereocenters. The van der Waals surface area contributed by atoms with Gasteiger partial charge in [-0.2, -0.15) is 0 Å². The average Bonchev–Trinajstić information content (AvgIpc) is 2.70. The van der Waals surface area contributed by atoms with Gasteiger partial charge >= 0.3 is 6.03 Å². The van der Waals surface area contributed by atoms with Crippen molar-refractivity contribution in [3.05, 3.63) is 89.4 Å². The van der Waals surface area contributed by atoms with Gasteiger partial charge in [-0.25, -0.2) is 4.79 Å². The molecule has 7 heteroatoms. The maximum atomic E-state index is 12.5. The standard InChI is InChI=1S/C22H20ClN3O3/c23-16-8-6-15(7-9-16)20(26-22(24)28)14-21(27)25-17-10-12-19(13-11-17)29-18-4-2-1-3-5-18/h1-13,20H,14H2,(H,25,27)(H3,24,26,28)/t20-/m1/s1. The number of ether oxygens (including phenoxy) is 1. The van der Waals surface area contributed by atoms with Gasteiger partial charge in [-0.3, -0.25) is 4.79 Å². The van der Waals surface area contributed by atoms with Gasteiger partial charge in [-0.05, 0) is 54.1 Å². The third-order valence-corrected chi connectivity index (χ3v) is 4.35. The SMILES string of the molecule is NC(=O)N[C@H](CC(=O)Nc1ccc(Oc2ccccc2)cc1)c1ccc(Cl)cc1. The Kier molecular flexibility index (Phi) is 6.71. The van der Waals surface area contributed by atoms with Crippen LogP contribution in [0.25, 0.3) is 0 Å². The number of nitrogens with two attached hydrogens (primary N) is 1. The van der Waals surface area contributed by atoms with Crippen LogP contribution in [0.2, 0.25) is 5.02 Å². The van der Waals surface area contributed by atoms with Crippen LogP contribution in [0.3, 0.4) is 0 Å². The van der Waals surface area contributed by atoms with Gasteiger partial charge < -0.3 is 21.1 Å². The maximum absolute atomic E-state index is 12.5. The van der Waals surface area contributed by atoms with E-state index in [0.717, 1.165) is 11.3 Å². The summed E-state index contributed by atoms with van der Waals surface area (Å²) in [6.07, 6.45) is 0.0207. The molecule has 0 aliphatic carbocycles. The Balaban J connectivity index is 1.62. The number of amides is 3. The Labute approximate surface area is 173 Å². The molecule has 0 unspecified atom stereocenters. The second-order valence-electron chi connectivity index (χ2n) is 6.30. The van der Waals surface area contributed by atoms with E-state index >= 15 is 0 Å². The summed E-state index contributed by atoms with van der Waals surface area (Å²) in [6.45, 7) is 0. The highest BCUT2D eigenvalue weighted by Gasteiger charge is 2.17. The highest BCUT2D eigenvalue weighted by molar-refractivity contribution is 6.30. The zero-order chi connectivity index (χ0) is 20.6. The molecule has 0 bridgehead atoms. The zero-order valence-corrected chi connectivity index (χ0v) is 16.2. The van der Waals surface area contributed by atoms with Crippen molar-refractivity contribution in [1.29, 1.82) is 0 Å². The van der Waals surface area contributed by atoms with Crippen LogP contribution < -0.4 is 21.1 Å². The molecule has 3 rings (SSSR count). The molecule has 0 aliphatic rings. The van der Waals surface area contributed by atoms with E-state index in [1.54, 1.807) is 48.5 Å². The van der Waals surface area contributed by atoms with Crippen molar-refractivity contribution < 1.29 is 14.3 Å². The summed E-state index contributed by atoms with van der Waals surface area (Å²) in [5, 5.41) is 5.95. The molecule has 6 nitrogen and oxygen atoms in total. The van der Waals surface area contributed by atoms with Gasteiger partial charge in [0.25, 0.3) is 0 Å². The lowest BCUT2D eigenvalue weighted by atomic mass is 10.0. The van der Waals surface area contributed by atoms with Gasteiger partial charge in [-0.1, -0.05) is 41.9 Å². The van der Waals surface area contributed by atoms with Crippen LogP contribution in [0.4, 0.5) is 10.5 Å². The van der Waals surface area contributed by atoms with Gasteiger partial charge in [0, 0.05) is 10.7 Å². The van der Waals surface area contributed by atoms with E-state index in [1.807, 2.05) is 30.3 Å². The number of hydrogen-bond donors (Lipinski definition) is 3. The Hall–Kier alpha value is -3.51. The van der Waals surface area contributed by atoms with E-state index in [-0.39, 0.29) is 12.3 Å². The third-order valence-electron chi connectivity index (χ3n) is 4.10. The summed E-state index contributed by atoms with van der Waals surface area (Å²) in [7, 11) is 0. The van der Waals surface area contributed by atoms with Crippen LogP contribution >= 0.6 is 11.6 Å². The number of rotatable bonds is 7. The van der Waals surface area contributed by atoms with Gasteiger partial charge in [0.15, 0.2) is 0 Å². The summed E-state index contributed by atoms with van der Waals surface area (Å²) in [4.78, 5) is 23.8. The molecule has 29 heavy (non-hydrogen) atoms. The first-order chi connectivity index (χ1) is 14.0. The third kappa shape index (κ3) is 6.26. The predicted octanol–water partition coefficient (Wildman–Crippen LogP) is 4.87. The van der Waals surface area contributed by atoms with Crippen molar-refractivity contribution in [3.8, 4) is 11.5 Å². The first-order valence-electron chi connectivity index (χ1n) is 8.94. The van der Waals surface area contributed by atoms with Gasteiger partial charge in [0.05, 0.1) is 12.5 Å². The fraction of sp³-hybridized carbons (Fsp3) is 0.0909. The second kappa shape index (κ2) is 9.61. The molecule has 3 amide bonds. The number of carbonyl (C=O) groups is 2. The largest absolute Gasteiger partial charge is 0.457 e. The first kappa shape index (κ1) is 20.2. The lowest BCUT2D eigenvalue weighted by Gasteiger charge is -2.18. The molecule has 0 aliphatic heterocycles. The Bertz CT molecular complexity index is 961. The molecular weight excluding hydrogens is 390 g/mol. The Morgan fingerprint density at radius 2 is 1.52 bits per heavy atom. The van der Waals surface area contributed by atoms with E-state index in [9.17, 15) is 9.59 Å². The molecule has 4 N–H and O–H groups in total. The fourth-order valence-electron chi connectivity index (χ4n) is 2.75. The number of primary amides is 1. The van der Waals surface area contributed by atoms with Crippen LogP contribution in [-0.4, -0.2) is 11.9 Å². The van der Waals surface area contributed by atoms with E-state index in [0.29, 0.717) is 16.5 Å². The topological polar surface area (TPSA) is 93.5 Å². The van der Waals surface area contributed by atoms with E-state index in [4.69, 9.17) is 22.1 Å². The smallest absolute Gasteiger partial charge is 0.312 e. The van der Waals surface area contributed by atoms with Gasteiger partial charge in [0.1, 0.15) is 11.5 Å². The number of anilines is 1. The average molecular weight is 410 g/mol. The van der Waals surface area contributed by atoms with Crippen LogP contribution in [0.1, 0.15) is 18.0 Å². The van der Waals surface area contributed by atoms with Crippen molar-refractivity contribution in [2.45, 2.75) is 12.5 Å². The minimum absolute atomic E-state index is 0.0207. The quantitative estimate of drug-likeness (QED) is 0.519. The lowest BCUT2D eigenvalue weighted by molar-refractivity contribution is -0.116. The fourth-order valence-corrected chi connectivity index (χ4v) is 2.87. The van der Waals surface area contributed by atoms with Crippen LogP contribution in [0, 0.1) is 0 Å². The number of halogens is 1. The first-order valence-corrected chi connectivity index (χ1v) is 9.31. The normalized spacial score (nSPS) is 11.3. The number of urea groups is 1. The summed E-state index contributed by atoms with van der Waals surface area (Å²) >= 11 is 5.90. The van der Waals surface area contributed by atoms with Crippen LogP contribution in [0.15, 0.2) is 78.9 Å². The second-order valence-corrected chi connectivity index (χ2v) is 6.74. The molecule has 0 fully saturated rings. The summed E-state index contributed by atoms with van der Waals surface area (Å²) in [5.41, 5.74) is 6.59. The minimum atomic E-state index is -0.708. The molecule has 3 aromatic rings. The van der Waals surface area contributed by atoms with Crippen LogP contribution in [0.5, 0.6) is 11.5 Å². The molecule has 0 aromatic heterocycles. The maximum Gasteiger partial charge on any atom is 0.312 e. The van der Waals surface area contributed by atoms with Crippen molar-refractivity contribution in [1.82, 2.24) is 5.32 Å². The van der Waals surface area contributed by atoms with E-state index < -0.39 is 12.1 Å². The van der Waals surface area contributed by atoms with E-state index in [1.165, 1.54) is 0 Å². The highest BCUT2D eigenvalue weighted by Crippen LogP contribution is 2.24. The highest BCUT2D eigenvalue weighted by atomic mass is 35.5. The van der Waals surface area contributed by atoms with Gasteiger partial charge in [-0.15, -0.1) is 0 Å². The minimum Gasteiger partial charge on any atom is -0.457 e. The van der Waals surface area contributed by atoms with Crippen molar-refractivity contribution in [2.75, 3.05) is 5.32 Å². The number of hydrogen-bond acceptors (Lipinski definition) is 3. The molecular formula is C22H20ClN3O3. The van der Waals surface area contributed by atoms with Crippen molar-refractivity contribution >= 4 is 29.2 Å². The Morgan fingerprint density at radius 3 is 2.14 bits per heavy atom. The molecule has 0 saturated heterocycles. The number of nitrogens with one attached hydrogen (secondary N) is 2.